The first-order chi connectivity index (χ1) is 10.1. The Kier molecular flexibility index (Phi) is 4.37. The molecule has 2 aromatic rings. The predicted molar refractivity (Wildman–Crippen MR) is 61.8 cm³/mol. The molecule has 0 nitrogen and oxygen atoms in total. The van der Waals surface area contributed by atoms with Gasteiger partial charge in [-0.2, -0.15) is 13.2 Å². The van der Waals surface area contributed by atoms with Gasteiger partial charge in [0, 0.05) is 4.90 Å². The second-order valence-corrected chi connectivity index (χ2v) is 5.11. The zero-order chi connectivity index (χ0) is 16.7. The van der Waals surface area contributed by atoms with Gasteiger partial charge >= 0.3 is 6.18 Å². The van der Waals surface area contributed by atoms with Crippen LogP contribution in [0.4, 0.5) is 35.1 Å². The lowest BCUT2D eigenvalue weighted by Crippen LogP contribution is -2.04. The zero-order valence-electron chi connectivity index (χ0n) is 10.2. The van der Waals surface area contributed by atoms with Crippen LogP contribution in [0.15, 0.2) is 34.1 Å². The monoisotopic (exact) mass is 344 g/mol. The maximum atomic E-state index is 13.4. The maximum Gasteiger partial charge on any atom is 0.416 e. The molecule has 9 heteroatoms. The van der Waals surface area contributed by atoms with Crippen LogP contribution < -0.4 is 0 Å². The summed E-state index contributed by atoms with van der Waals surface area (Å²) < 4.78 is 103. The third-order valence-electron chi connectivity index (χ3n) is 2.57. The van der Waals surface area contributed by atoms with Crippen molar-refractivity contribution in [3.05, 3.63) is 58.9 Å². The fourth-order valence-corrected chi connectivity index (χ4v) is 2.37. The summed E-state index contributed by atoms with van der Waals surface area (Å²) in [7, 11) is 0. The molecule has 0 atom stereocenters. The third-order valence-corrected chi connectivity index (χ3v) is 3.64. The highest BCUT2D eigenvalue weighted by Gasteiger charge is 2.30. The molecule has 0 aliphatic carbocycles. The Morgan fingerprint density at radius 2 is 1.05 bits per heavy atom. The maximum absolute atomic E-state index is 13.4. The van der Waals surface area contributed by atoms with Crippen molar-refractivity contribution in [3.63, 3.8) is 0 Å². The van der Waals surface area contributed by atoms with Crippen LogP contribution in [0.1, 0.15) is 5.56 Å². The SMILES string of the molecule is Fc1c(F)c(F)c(Sc2ccc(C(F)(F)F)cc2)c(F)c1F. The number of benzene rings is 2. The van der Waals surface area contributed by atoms with E-state index in [1.54, 1.807) is 0 Å². The Balaban J connectivity index is 2.40. The van der Waals surface area contributed by atoms with Crippen LogP contribution in [0.3, 0.4) is 0 Å². The predicted octanol–water partition coefficient (Wildman–Crippen LogP) is 5.55. The number of hydrogen-bond donors (Lipinski definition) is 0. The van der Waals surface area contributed by atoms with Crippen LogP contribution in [0, 0.1) is 29.1 Å². The number of halogens is 8. The average Bonchev–Trinajstić information content (AvgIpc) is 2.47. The van der Waals surface area contributed by atoms with E-state index in [-0.39, 0.29) is 16.7 Å². The van der Waals surface area contributed by atoms with Gasteiger partial charge in [-0.3, -0.25) is 0 Å². The summed E-state index contributed by atoms with van der Waals surface area (Å²) in [6.45, 7) is 0. The molecule has 0 N–H and O–H groups in total. The van der Waals surface area contributed by atoms with Crippen molar-refractivity contribution in [1.82, 2.24) is 0 Å². The van der Waals surface area contributed by atoms with E-state index in [0.717, 1.165) is 12.1 Å². The second-order valence-electron chi connectivity index (χ2n) is 4.02. The van der Waals surface area contributed by atoms with Gasteiger partial charge in [0.15, 0.2) is 23.3 Å². The highest BCUT2D eigenvalue weighted by molar-refractivity contribution is 7.99. The van der Waals surface area contributed by atoms with Crippen LogP contribution in [0.2, 0.25) is 0 Å². The molecule has 0 aliphatic rings. The zero-order valence-corrected chi connectivity index (χ0v) is 11.1. The Morgan fingerprint density at radius 3 is 1.45 bits per heavy atom. The van der Waals surface area contributed by atoms with Gasteiger partial charge in [-0.15, -0.1) is 0 Å². The summed E-state index contributed by atoms with van der Waals surface area (Å²) in [4.78, 5) is -1.30. The second kappa shape index (κ2) is 5.79. The highest BCUT2D eigenvalue weighted by atomic mass is 32.2. The van der Waals surface area contributed by atoms with Gasteiger partial charge in [-0.05, 0) is 24.3 Å². The summed E-state index contributed by atoms with van der Waals surface area (Å²) in [6, 6.07) is 3.00. The lowest BCUT2D eigenvalue weighted by molar-refractivity contribution is -0.137. The normalized spacial score (nSPS) is 11.8. The van der Waals surface area contributed by atoms with Crippen molar-refractivity contribution in [2.45, 2.75) is 16.0 Å². The Hall–Kier alpha value is -1.77. The van der Waals surface area contributed by atoms with Crippen LogP contribution in [0.5, 0.6) is 0 Å². The standard InChI is InChI=1S/C13H4F8S/c14-7-8(15)10(17)12(11(18)9(7)16)22-6-3-1-5(2-4-6)13(19,20)21/h1-4H. The van der Waals surface area contributed by atoms with E-state index in [1.165, 1.54) is 0 Å². The Labute approximate surface area is 122 Å². The molecule has 0 fully saturated rings. The van der Waals surface area contributed by atoms with Crippen molar-refractivity contribution < 1.29 is 35.1 Å². The van der Waals surface area contributed by atoms with E-state index >= 15 is 0 Å². The molecule has 2 rings (SSSR count). The molecule has 0 aromatic heterocycles. The van der Waals surface area contributed by atoms with Gasteiger partial charge in [-0.1, -0.05) is 11.8 Å². The lowest BCUT2D eigenvalue weighted by atomic mass is 10.2. The molecule has 0 saturated carbocycles. The molecule has 0 aliphatic heterocycles. The van der Waals surface area contributed by atoms with Crippen LogP contribution in [-0.2, 0) is 6.18 Å². The molecule has 0 radical (unpaired) electrons. The van der Waals surface area contributed by atoms with E-state index < -0.39 is 45.7 Å². The van der Waals surface area contributed by atoms with E-state index in [9.17, 15) is 35.1 Å². The van der Waals surface area contributed by atoms with Crippen molar-refractivity contribution in [1.29, 1.82) is 0 Å². The summed E-state index contributed by atoms with van der Waals surface area (Å²) >= 11 is 0.133. The van der Waals surface area contributed by atoms with Crippen LogP contribution >= 0.6 is 11.8 Å². The number of rotatable bonds is 2. The van der Waals surface area contributed by atoms with Gasteiger partial charge in [-0.25, -0.2) is 22.0 Å². The molecular formula is C13H4F8S. The number of alkyl halides is 3. The van der Waals surface area contributed by atoms with Crippen molar-refractivity contribution in [2.24, 2.45) is 0 Å². The van der Waals surface area contributed by atoms with E-state index in [4.69, 9.17) is 0 Å². The van der Waals surface area contributed by atoms with E-state index in [0.29, 0.717) is 12.1 Å². The van der Waals surface area contributed by atoms with Gasteiger partial charge in [0.2, 0.25) is 5.82 Å². The van der Waals surface area contributed by atoms with Gasteiger partial charge in [0.25, 0.3) is 0 Å². The molecule has 0 amide bonds. The fourth-order valence-electron chi connectivity index (χ4n) is 1.50. The van der Waals surface area contributed by atoms with Crippen molar-refractivity contribution in [2.75, 3.05) is 0 Å². The minimum absolute atomic E-state index is 0.115. The van der Waals surface area contributed by atoms with E-state index in [2.05, 4.69) is 0 Å². The third kappa shape index (κ3) is 3.03. The number of hydrogen-bond acceptors (Lipinski definition) is 1. The molecule has 0 bridgehead atoms. The van der Waals surface area contributed by atoms with E-state index in [1.807, 2.05) is 0 Å². The first-order valence-electron chi connectivity index (χ1n) is 5.49. The molecule has 0 spiro atoms. The molecule has 0 unspecified atom stereocenters. The van der Waals surface area contributed by atoms with Gasteiger partial charge in [0.05, 0.1) is 10.5 Å². The Bertz CT molecular complexity index is 676. The molecule has 0 saturated heterocycles. The fraction of sp³-hybridized carbons (Fsp3) is 0.0769. The van der Waals surface area contributed by atoms with Crippen molar-refractivity contribution in [3.8, 4) is 0 Å². The minimum Gasteiger partial charge on any atom is -0.202 e. The van der Waals surface area contributed by atoms with Crippen LogP contribution in [-0.4, -0.2) is 0 Å². The molecular weight excluding hydrogens is 340 g/mol. The minimum atomic E-state index is -4.60. The quantitative estimate of drug-likeness (QED) is 0.391. The Morgan fingerprint density at radius 1 is 0.636 bits per heavy atom. The summed E-state index contributed by atoms with van der Waals surface area (Å²) in [6.07, 6.45) is -4.60. The van der Waals surface area contributed by atoms with Crippen LogP contribution in [0.25, 0.3) is 0 Å². The highest BCUT2D eigenvalue weighted by Crippen LogP contribution is 2.37. The molecule has 22 heavy (non-hydrogen) atoms. The lowest BCUT2D eigenvalue weighted by Gasteiger charge is -2.09. The summed E-state index contributed by atoms with van der Waals surface area (Å²) in [5, 5.41) is 0. The molecule has 118 valence electrons. The average molecular weight is 344 g/mol. The summed E-state index contributed by atoms with van der Waals surface area (Å²) in [5.41, 5.74) is -1.01. The largest absolute Gasteiger partial charge is 0.416 e. The van der Waals surface area contributed by atoms with Gasteiger partial charge < -0.3 is 0 Å². The first-order valence-corrected chi connectivity index (χ1v) is 6.31. The topological polar surface area (TPSA) is 0 Å². The smallest absolute Gasteiger partial charge is 0.202 e. The summed E-state index contributed by atoms with van der Waals surface area (Å²) in [5.74, 6) is -10.6. The van der Waals surface area contributed by atoms with Gasteiger partial charge in [0.1, 0.15) is 0 Å². The molecule has 0 heterocycles. The molecule has 2 aromatic carbocycles. The first kappa shape index (κ1) is 16.6. The van der Waals surface area contributed by atoms with Crippen molar-refractivity contribution >= 4 is 11.8 Å².